The lowest BCUT2D eigenvalue weighted by atomic mass is 9.88. The van der Waals surface area contributed by atoms with E-state index in [2.05, 4.69) is 41.0 Å². The number of carboxylic acid groups (broad SMARTS) is 1. The Balaban J connectivity index is 1.16. The Bertz CT molecular complexity index is 1460. The Morgan fingerprint density at radius 3 is 2.43 bits per heavy atom. The van der Waals surface area contributed by atoms with Gasteiger partial charge in [0.05, 0.1) is 6.61 Å². The molecule has 9 heteroatoms. The van der Waals surface area contributed by atoms with E-state index in [1.165, 1.54) is 0 Å². The number of nitrogens with zero attached hydrogens (tertiary/aromatic N) is 3. The number of aromatic nitrogens is 2. The fourth-order valence-corrected chi connectivity index (χ4v) is 5.60. The predicted molar refractivity (Wildman–Crippen MR) is 162 cm³/mol. The largest absolute Gasteiger partial charge is 0.506 e. The smallest absolute Gasteiger partial charge is 0.493 e. The second kappa shape index (κ2) is 13.4. The summed E-state index contributed by atoms with van der Waals surface area (Å²) < 4.78 is 16.8. The maximum absolute atomic E-state index is 11.5. The molecule has 1 aliphatic rings. The zero-order chi connectivity index (χ0) is 29.5. The highest BCUT2D eigenvalue weighted by atomic mass is 35.5. The van der Waals surface area contributed by atoms with Crippen LogP contribution in [-0.4, -0.2) is 51.6 Å². The van der Waals surface area contributed by atoms with Crippen molar-refractivity contribution in [2.75, 3.05) is 19.7 Å². The van der Waals surface area contributed by atoms with Gasteiger partial charge in [-0.3, -0.25) is 4.90 Å². The van der Waals surface area contributed by atoms with E-state index in [1.807, 2.05) is 60.7 Å². The fourth-order valence-electron chi connectivity index (χ4n) is 5.34. The van der Waals surface area contributed by atoms with Gasteiger partial charge in [0.25, 0.3) is 5.89 Å². The monoisotopic (exact) mass is 589 g/mol. The van der Waals surface area contributed by atoms with E-state index < -0.39 is 11.8 Å². The number of rotatable bonds is 11. The number of carbonyl (C=O) groups is 1. The molecule has 0 unspecified atom stereocenters. The van der Waals surface area contributed by atoms with Gasteiger partial charge in [0.15, 0.2) is 0 Å². The van der Waals surface area contributed by atoms with Gasteiger partial charge in [-0.1, -0.05) is 79.1 Å². The Hall–Kier alpha value is -3.88. The van der Waals surface area contributed by atoms with E-state index in [-0.39, 0.29) is 0 Å². The molecule has 1 saturated heterocycles. The minimum absolute atomic E-state index is 0.396. The van der Waals surface area contributed by atoms with Crippen LogP contribution in [0.2, 0.25) is 5.02 Å². The third-order valence-electron chi connectivity index (χ3n) is 7.61. The first-order valence-corrected chi connectivity index (χ1v) is 14.7. The summed E-state index contributed by atoms with van der Waals surface area (Å²) in [4.78, 5) is 18.4. The minimum Gasteiger partial charge on any atom is -0.493 e. The molecule has 0 bridgehead atoms. The van der Waals surface area contributed by atoms with Crippen molar-refractivity contribution in [1.82, 2.24) is 15.0 Å². The first-order chi connectivity index (χ1) is 20.3. The maximum Gasteiger partial charge on any atom is 0.506 e. The van der Waals surface area contributed by atoms with Crippen LogP contribution in [0.5, 0.6) is 5.75 Å². The first-order valence-electron chi connectivity index (χ1n) is 14.3. The standard InChI is InChI=1S/C33H36ClN3O5/c1-23(2)20-26-12-13-27(21-29(26)34)31-35-30(36-42-31)25-10-8-24(9-11-25)22-37-17-14-33(15-18-37,41-32(38)39)16-19-40-28-6-4-3-5-7-28/h3-13,21,23H,14-20,22H2,1-2H3,(H,38,39). The summed E-state index contributed by atoms with van der Waals surface area (Å²) in [6.45, 7) is 6.94. The van der Waals surface area contributed by atoms with Crippen molar-refractivity contribution in [1.29, 1.82) is 0 Å². The number of piperidine rings is 1. The number of hydrogen-bond acceptors (Lipinski definition) is 7. The molecule has 1 aromatic heterocycles. The van der Waals surface area contributed by atoms with Gasteiger partial charge in [-0.25, -0.2) is 4.79 Å². The van der Waals surface area contributed by atoms with Crippen LogP contribution in [0.1, 0.15) is 44.2 Å². The molecule has 5 rings (SSSR count). The van der Waals surface area contributed by atoms with E-state index in [0.29, 0.717) is 48.5 Å². The van der Waals surface area contributed by atoms with Crippen molar-refractivity contribution in [3.05, 3.63) is 88.9 Å². The molecule has 3 aromatic carbocycles. The number of ether oxygens (including phenoxy) is 2. The first kappa shape index (κ1) is 29.6. The van der Waals surface area contributed by atoms with E-state index in [1.54, 1.807) is 0 Å². The highest BCUT2D eigenvalue weighted by Crippen LogP contribution is 2.32. The van der Waals surface area contributed by atoms with Crippen LogP contribution in [0.4, 0.5) is 4.79 Å². The summed E-state index contributed by atoms with van der Waals surface area (Å²) in [5.74, 6) is 2.24. The topological polar surface area (TPSA) is 97.9 Å². The molecular formula is C33H36ClN3O5. The summed E-state index contributed by atoms with van der Waals surface area (Å²) in [7, 11) is 0. The highest BCUT2D eigenvalue weighted by molar-refractivity contribution is 6.31. The molecule has 1 aliphatic heterocycles. The van der Waals surface area contributed by atoms with E-state index >= 15 is 0 Å². The van der Waals surface area contributed by atoms with Crippen molar-refractivity contribution in [2.45, 2.75) is 51.7 Å². The molecule has 0 saturated carbocycles. The molecule has 0 amide bonds. The van der Waals surface area contributed by atoms with Crippen LogP contribution in [0.3, 0.4) is 0 Å². The zero-order valence-electron chi connectivity index (χ0n) is 24.0. The maximum atomic E-state index is 11.5. The number of halogens is 1. The lowest BCUT2D eigenvalue weighted by Crippen LogP contribution is -2.47. The average molecular weight is 590 g/mol. The van der Waals surface area contributed by atoms with Crippen LogP contribution >= 0.6 is 11.6 Å². The van der Waals surface area contributed by atoms with E-state index in [0.717, 1.165) is 54.1 Å². The van der Waals surface area contributed by atoms with Crippen LogP contribution in [0.25, 0.3) is 22.8 Å². The second-order valence-corrected chi connectivity index (χ2v) is 11.7. The van der Waals surface area contributed by atoms with E-state index in [4.69, 9.17) is 25.6 Å². The lowest BCUT2D eigenvalue weighted by Gasteiger charge is -2.40. The summed E-state index contributed by atoms with van der Waals surface area (Å²) >= 11 is 6.50. The van der Waals surface area contributed by atoms with Gasteiger partial charge in [-0.15, -0.1) is 0 Å². The molecule has 1 fully saturated rings. The molecule has 0 aliphatic carbocycles. The number of para-hydroxylation sites is 1. The van der Waals surface area contributed by atoms with Crippen molar-refractivity contribution in [3.63, 3.8) is 0 Å². The van der Waals surface area contributed by atoms with Gasteiger partial charge in [0.1, 0.15) is 11.4 Å². The van der Waals surface area contributed by atoms with Crippen molar-refractivity contribution in [3.8, 4) is 28.6 Å². The summed E-state index contributed by atoms with van der Waals surface area (Å²) in [5.41, 5.74) is 3.17. The fraction of sp³-hybridized carbons (Fsp3) is 0.364. The third-order valence-corrected chi connectivity index (χ3v) is 7.97. The molecule has 0 atom stereocenters. The van der Waals surface area contributed by atoms with Crippen LogP contribution in [-0.2, 0) is 17.7 Å². The molecular weight excluding hydrogens is 554 g/mol. The van der Waals surface area contributed by atoms with Crippen LogP contribution in [0, 0.1) is 5.92 Å². The minimum atomic E-state index is -1.24. The molecule has 0 radical (unpaired) electrons. The highest BCUT2D eigenvalue weighted by Gasteiger charge is 2.38. The molecule has 4 aromatic rings. The molecule has 2 heterocycles. The second-order valence-electron chi connectivity index (χ2n) is 11.3. The van der Waals surface area contributed by atoms with Crippen LogP contribution in [0.15, 0.2) is 77.3 Å². The van der Waals surface area contributed by atoms with Crippen molar-refractivity contribution >= 4 is 17.8 Å². The third kappa shape index (κ3) is 7.69. The predicted octanol–water partition coefficient (Wildman–Crippen LogP) is 7.75. The van der Waals surface area contributed by atoms with Gasteiger partial charge < -0.3 is 19.1 Å². The quantitative estimate of drug-likeness (QED) is 0.177. The molecule has 220 valence electrons. The van der Waals surface area contributed by atoms with Gasteiger partial charge in [0.2, 0.25) is 5.82 Å². The summed E-state index contributed by atoms with van der Waals surface area (Å²) in [6, 6.07) is 23.5. The molecule has 8 nitrogen and oxygen atoms in total. The Labute approximate surface area is 251 Å². The van der Waals surface area contributed by atoms with Gasteiger partial charge >= 0.3 is 6.16 Å². The number of hydrogen-bond donors (Lipinski definition) is 1. The molecule has 1 N–H and O–H groups in total. The summed E-state index contributed by atoms with van der Waals surface area (Å²) in [5, 5.41) is 14.3. The van der Waals surface area contributed by atoms with Crippen LogP contribution < -0.4 is 4.74 Å². The van der Waals surface area contributed by atoms with Gasteiger partial charge in [-0.05, 0) is 47.7 Å². The molecule has 42 heavy (non-hydrogen) atoms. The van der Waals surface area contributed by atoms with Crippen molar-refractivity contribution in [2.24, 2.45) is 5.92 Å². The zero-order valence-corrected chi connectivity index (χ0v) is 24.7. The Morgan fingerprint density at radius 1 is 1.05 bits per heavy atom. The lowest BCUT2D eigenvalue weighted by molar-refractivity contribution is -0.0673. The van der Waals surface area contributed by atoms with Gasteiger partial charge in [0, 0.05) is 55.0 Å². The van der Waals surface area contributed by atoms with Crippen molar-refractivity contribution < 1.29 is 23.9 Å². The Morgan fingerprint density at radius 2 is 1.76 bits per heavy atom. The normalized spacial score (nSPS) is 15.0. The average Bonchev–Trinajstić information content (AvgIpc) is 3.46. The Kier molecular flexibility index (Phi) is 9.45. The molecule has 0 spiro atoms. The SMILES string of the molecule is CC(C)Cc1ccc(-c2nc(-c3ccc(CN4CCC(CCOc5ccccc5)(OC(=O)O)CC4)cc3)no2)cc1Cl. The summed E-state index contributed by atoms with van der Waals surface area (Å²) in [6.07, 6.45) is 1.42. The van der Waals surface area contributed by atoms with Gasteiger partial charge in [-0.2, -0.15) is 4.98 Å². The number of likely N-dealkylation sites (tertiary alicyclic amines) is 1. The van der Waals surface area contributed by atoms with E-state index in [9.17, 15) is 9.90 Å². The number of benzene rings is 3.